The van der Waals surface area contributed by atoms with E-state index in [0.717, 1.165) is 18.5 Å². The fourth-order valence-corrected chi connectivity index (χ4v) is 1.29. The second-order valence-electron chi connectivity index (χ2n) is 3.66. The fourth-order valence-electron chi connectivity index (χ4n) is 1.29. The van der Waals surface area contributed by atoms with Crippen LogP contribution in [0, 0.1) is 6.92 Å². The van der Waals surface area contributed by atoms with Gasteiger partial charge >= 0.3 is 0 Å². The summed E-state index contributed by atoms with van der Waals surface area (Å²) in [6, 6.07) is 7.79. The minimum Gasteiger partial charge on any atom is -0.330 e. The molecule has 0 saturated carbocycles. The Balaban J connectivity index is 2.34. The summed E-state index contributed by atoms with van der Waals surface area (Å²) in [5, 5.41) is 2.85. The molecular weight excluding hydrogens is 188 g/mol. The number of anilines is 1. The van der Waals surface area contributed by atoms with Crippen molar-refractivity contribution >= 4 is 11.6 Å². The van der Waals surface area contributed by atoms with Crippen LogP contribution >= 0.6 is 0 Å². The summed E-state index contributed by atoms with van der Waals surface area (Å²) in [5.41, 5.74) is 7.40. The summed E-state index contributed by atoms with van der Waals surface area (Å²) in [7, 11) is 0. The van der Waals surface area contributed by atoms with E-state index in [1.807, 2.05) is 31.2 Å². The summed E-state index contributed by atoms with van der Waals surface area (Å²) >= 11 is 0. The first-order valence-corrected chi connectivity index (χ1v) is 5.29. The Hall–Kier alpha value is -1.35. The number of hydrogen-bond acceptors (Lipinski definition) is 2. The molecule has 0 aromatic heterocycles. The number of hydrogen-bond donors (Lipinski definition) is 2. The number of nitrogens with two attached hydrogens (primary N) is 1. The zero-order chi connectivity index (χ0) is 11.1. The molecule has 3 N–H and O–H groups in total. The van der Waals surface area contributed by atoms with Gasteiger partial charge in [0.1, 0.15) is 0 Å². The van der Waals surface area contributed by atoms with Crippen LogP contribution < -0.4 is 11.1 Å². The van der Waals surface area contributed by atoms with Crippen molar-refractivity contribution < 1.29 is 4.79 Å². The van der Waals surface area contributed by atoms with Crippen molar-refractivity contribution in [2.24, 2.45) is 5.73 Å². The maximum Gasteiger partial charge on any atom is 0.224 e. The second kappa shape index (κ2) is 6.19. The number of unbranched alkanes of at least 4 members (excludes halogenated alkanes) is 1. The third-order valence-electron chi connectivity index (χ3n) is 2.19. The van der Waals surface area contributed by atoms with E-state index in [4.69, 9.17) is 5.73 Å². The number of aryl methyl sites for hydroxylation is 1. The van der Waals surface area contributed by atoms with E-state index in [1.165, 1.54) is 5.56 Å². The standard InChI is InChI=1S/C12H18N2O/c1-10-5-7-11(8-6-10)14-12(15)4-2-3-9-13/h5-8H,2-4,9,13H2,1H3,(H,14,15). The van der Waals surface area contributed by atoms with E-state index in [0.29, 0.717) is 13.0 Å². The zero-order valence-corrected chi connectivity index (χ0v) is 9.12. The van der Waals surface area contributed by atoms with Gasteiger partial charge in [0, 0.05) is 12.1 Å². The quantitative estimate of drug-likeness (QED) is 0.724. The molecule has 0 aliphatic heterocycles. The third-order valence-corrected chi connectivity index (χ3v) is 2.19. The summed E-state index contributed by atoms with van der Waals surface area (Å²) in [6.45, 7) is 2.67. The van der Waals surface area contributed by atoms with Crippen molar-refractivity contribution in [3.05, 3.63) is 29.8 Å². The molecular formula is C12H18N2O. The molecule has 15 heavy (non-hydrogen) atoms. The van der Waals surface area contributed by atoms with Gasteiger partial charge in [-0.3, -0.25) is 4.79 Å². The van der Waals surface area contributed by atoms with Gasteiger partial charge in [-0.05, 0) is 38.4 Å². The molecule has 0 bridgehead atoms. The third kappa shape index (κ3) is 4.61. The van der Waals surface area contributed by atoms with Crippen molar-refractivity contribution in [2.45, 2.75) is 26.2 Å². The Morgan fingerprint density at radius 3 is 2.53 bits per heavy atom. The van der Waals surface area contributed by atoms with Gasteiger partial charge in [0.05, 0.1) is 0 Å². The molecule has 0 aliphatic carbocycles. The van der Waals surface area contributed by atoms with Gasteiger partial charge in [-0.2, -0.15) is 0 Å². The maximum atomic E-state index is 11.4. The number of rotatable bonds is 5. The lowest BCUT2D eigenvalue weighted by Crippen LogP contribution is -2.11. The van der Waals surface area contributed by atoms with Gasteiger partial charge in [-0.25, -0.2) is 0 Å². The van der Waals surface area contributed by atoms with E-state index < -0.39 is 0 Å². The van der Waals surface area contributed by atoms with E-state index in [2.05, 4.69) is 5.32 Å². The molecule has 3 heteroatoms. The highest BCUT2D eigenvalue weighted by molar-refractivity contribution is 5.90. The normalized spacial score (nSPS) is 10.0. The van der Waals surface area contributed by atoms with Crippen molar-refractivity contribution in [1.82, 2.24) is 0 Å². The van der Waals surface area contributed by atoms with Crippen LogP contribution in [-0.4, -0.2) is 12.5 Å². The maximum absolute atomic E-state index is 11.4. The van der Waals surface area contributed by atoms with E-state index in [-0.39, 0.29) is 5.91 Å². The van der Waals surface area contributed by atoms with Gasteiger partial charge in [0.15, 0.2) is 0 Å². The van der Waals surface area contributed by atoms with Gasteiger partial charge in [-0.15, -0.1) is 0 Å². The first-order chi connectivity index (χ1) is 7.22. The molecule has 0 aliphatic rings. The van der Waals surface area contributed by atoms with Crippen LogP contribution in [0.1, 0.15) is 24.8 Å². The SMILES string of the molecule is Cc1ccc(NC(=O)CCCCN)cc1. The number of nitrogens with one attached hydrogen (secondary N) is 1. The second-order valence-corrected chi connectivity index (χ2v) is 3.66. The number of carbonyl (C=O) groups is 1. The monoisotopic (exact) mass is 206 g/mol. The highest BCUT2D eigenvalue weighted by Gasteiger charge is 2.00. The molecule has 82 valence electrons. The Morgan fingerprint density at radius 1 is 1.27 bits per heavy atom. The van der Waals surface area contributed by atoms with Crippen LogP contribution in [0.15, 0.2) is 24.3 Å². The Bertz CT molecular complexity index is 306. The highest BCUT2D eigenvalue weighted by atomic mass is 16.1. The molecule has 1 rings (SSSR count). The average molecular weight is 206 g/mol. The Morgan fingerprint density at radius 2 is 1.93 bits per heavy atom. The predicted octanol–water partition coefficient (Wildman–Crippen LogP) is 2.06. The topological polar surface area (TPSA) is 55.1 Å². The van der Waals surface area contributed by atoms with E-state index in [9.17, 15) is 4.79 Å². The lowest BCUT2D eigenvalue weighted by molar-refractivity contribution is -0.116. The number of carbonyl (C=O) groups excluding carboxylic acids is 1. The van der Waals surface area contributed by atoms with Crippen LogP contribution in [0.2, 0.25) is 0 Å². The van der Waals surface area contributed by atoms with Crippen LogP contribution in [0.4, 0.5) is 5.69 Å². The molecule has 0 heterocycles. The van der Waals surface area contributed by atoms with Gasteiger partial charge in [-0.1, -0.05) is 17.7 Å². The summed E-state index contributed by atoms with van der Waals surface area (Å²) in [4.78, 5) is 11.4. The predicted molar refractivity (Wildman–Crippen MR) is 62.7 cm³/mol. The lowest BCUT2D eigenvalue weighted by atomic mass is 10.2. The summed E-state index contributed by atoms with van der Waals surface area (Å²) < 4.78 is 0. The minimum absolute atomic E-state index is 0.0623. The van der Waals surface area contributed by atoms with Crippen molar-refractivity contribution in [1.29, 1.82) is 0 Å². The van der Waals surface area contributed by atoms with Crippen molar-refractivity contribution in [2.75, 3.05) is 11.9 Å². The van der Waals surface area contributed by atoms with Crippen LogP contribution in [0.5, 0.6) is 0 Å². The highest BCUT2D eigenvalue weighted by Crippen LogP contribution is 2.09. The van der Waals surface area contributed by atoms with E-state index >= 15 is 0 Å². The smallest absolute Gasteiger partial charge is 0.224 e. The first-order valence-electron chi connectivity index (χ1n) is 5.29. The minimum atomic E-state index is 0.0623. The van der Waals surface area contributed by atoms with Crippen LogP contribution in [0.25, 0.3) is 0 Å². The first kappa shape index (κ1) is 11.7. The summed E-state index contributed by atoms with van der Waals surface area (Å²) in [5.74, 6) is 0.0623. The van der Waals surface area contributed by atoms with Crippen LogP contribution in [0.3, 0.4) is 0 Å². The molecule has 0 atom stereocenters. The van der Waals surface area contributed by atoms with Gasteiger partial charge in [0.2, 0.25) is 5.91 Å². The number of amides is 1. The van der Waals surface area contributed by atoms with Gasteiger partial charge in [0.25, 0.3) is 0 Å². The molecule has 0 saturated heterocycles. The van der Waals surface area contributed by atoms with E-state index in [1.54, 1.807) is 0 Å². The molecule has 1 amide bonds. The number of benzene rings is 1. The fraction of sp³-hybridized carbons (Fsp3) is 0.417. The molecule has 0 spiro atoms. The zero-order valence-electron chi connectivity index (χ0n) is 9.12. The Kier molecular flexibility index (Phi) is 4.84. The Labute approximate surface area is 90.7 Å². The molecule has 1 aromatic carbocycles. The van der Waals surface area contributed by atoms with Gasteiger partial charge < -0.3 is 11.1 Å². The summed E-state index contributed by atoms with van der Waals surface area (Å²) in [6.07, 6.45) is 2.31. The molecule has 0 radical (unpaired) electrons. The molecule has 0 unspecified atom stereocenters. The molecule has 1 aromatic rings. The largest absolute Gasteiger partial charge is 0.330 e. The molecule has 0 fully saturated rings. The van der Waals surface area contributed by atoms with Crippen LogP contribution in [-0.2, 0) is 4.79 Å². The lowest BCUT2D eigenvalue weighted by Gasteiger charge is -2.04. The average Bonchev–Trinajstić information content (AvgIpc) is 2.22. The van der Waals surface area contributed by atoms with Crippen molar-refractivity contribution in [3.8, 4) is 0 Å². The van der Waals surface area contributed by atoms with Crippen molar-refractivity contribution in [3.63, 3.8) is 0 Å². The molecule has 3 nitrogen and oxygen atoms in total.